The van der Waals surface area contributed by atoms with Crippen molar-refractivity contribution < 1.29 is 14.3 Å². The molecular formula is C28H25N3O3S. The Morgan fingerprint density at radius 3 is 2.57 bits per heavy atom. The molecule has 0 aliphatic carbocycles. The van der Waals surface area contributed by atoms with Crippen molar-refractivity contribution in [3.63, 3.8) is 0 Å². The molecule has 35 heavy (non-hydrogen) atoms. The smallest absolute Gasteiger partial charge is 0.229 e. The zero-order valence-electron chi connectivity index (χ0n) is 19.4. The largest absolute Gasteiger partial charge is 0.497 e. The molecule has 2 aliphatic heterocycles. The van der Waals surface area contributed by atoms with Gasteiger partial charge in [0.1, 0.15) is 18.1 Å². The topological polar surface area (TPSA) is 65.8 Å². The van der Waals surface area contributed by atoms with Gasteiger partial charge in [0.2, 0.25) is 5.91 Å². The second kappa shape index (κ2) is 10.2. The number of rotatable bonds is 6. The Morgan fingerprint density at radius 2 is 1.83 bits per heavy atom. The summed E-state index contributed by atoms with van der Waals surface area (Å²) in [5.41, 5.74) is 3.66. The highest BCUT2D eigenvalue weighted by Crippen LogP contribution is 2.43. The summed E-state index contributed by atoms with van der Waals surface area (Å²) in [4.78, 5) is 17.1. The van der Waals surface area contributed by atoms with E-state index in [4.69, 9.17) is 9.47 Å². The summed E-state index contributed by atoms with van der Waals surface area (Å²) in [6.45, 7) is 0.885. The van der Waals surface area contributed by atoms with Crippen molar-refractivity contribution in [1.82, 2.24) is 4.90 Å². The molecule has 1 amide bonds. The first-order valence-electron chi connectivity index (χ1n) is 11.4. The second-order valence-corrected chi connectivity index (χ2v) is 9.34. The van der Waals surface area contributed by atoms with Crippen molar-refractivity contribution >= 4 is 23.4 Å². The van der Waals surface area contributed by atoms with Gasteiger partial charge in [-0.3, -0.25) is 9.69 Å². The molecule has 7 heteroatoms. The molecule has 5 rings (SSSR count). The Hall–Kier alpha value is -3.89. The number of carbonyl (C=O) groups excluding carboxylic acids is 1. The van der Waals surface area contributed by atoms with E-state index >= 15 is 0 Å². The van der Waals surface area contributed by atoms with E-state index in [1.54, 1.807) is 12.0 Å². The number of nitriles is 1. The molecule has 6 nitrogen and oxygen atoms in total. The Labute approximate surface area is 209 Å². The lowest BCUT2D eigenvalue weighted by Gasteiger charge is -2.42. The number of benzene rings is 3. The fourth-order valence-electron chi connectivity index (χ4n) is 4.37. The van der Waals surface area contributed by atoms with Crippen molar-refractivity contribution in [2.24, 2.45) is 0 Å². The van der Waals surface area contributed by atoms with Gasteiger partial charge in [0.05, 0.1) is 36.3 Å². The van der Waals surface area contributed by atoms with Gasteiger partial charge in [-0.1, -0.05) is 54.2 Å². The number of methoxy groups -OCH3 is 1. The van der Waals surface area contributed by atoms with Gasteiger partial charge in [-0.2, -0.15) is 5.26 Å². The fraction of sp³-hybridized carbons (Fsp3) is 0.214. The van der Waals surface area contributed by atoms with E-state index < -0.39 is 0 Å². The lowest BCUT2D eigenvalue weighted by Crippen LogP contribution is -2.47. The lowest BCUT2D eigenvalue weighted by molar-refractivity contribution is -0.129. The summed E-state index contributed by atoms with van der Waals surface area (Å²) in [7, 11) is 1.64. The van der Waals surface area contributed by atoms with E-state index in [0.717, 1.165) is 33.3 Å². The number of allylic oxidation sites excluding steroid dienone is 1. The zero-order chi connectivity index (χ0) is 24.2. The molecule has 1 saturated heterocycles. The van der Waals surface area contributed by atoms with Crippen LogP contribution in [0.15, 0.2) is 89.5 Å². The maximum Gasteiger partial charge on any atom is 0.229 e. The molecule has 0 N–H and O–H groups in total. The first-order valence-corrected chi connectivity index (χ1v) is 12.4. The van der Waals surface area contributed by atoms with Crippen LogP contribution < -0.4 is 14.4 Å². The van der Waals surface area contributed by atoms with Gasteiger partial charge in [0, 0.05) is 18.0 Å². The predicted octanol–water partition coefficient (Wildman–Crippen LogP) is 5.49. The maximum absolute atomic E-state index is 13.2. The Kier molecular flexibility index (Phi) is 6.64. The standard InChI is InChI=1S/C28H25N3O3S/c1-33-23-12-10-22(11-13-23)30-18-31-27(32)15-25(26(16-29)28(31)35-19-30)21-8-5-9-24(14-21)34-17-20-6-3-2-4-7-20/h2-14,25H,15,17-19H2,1H3. The SMILES string of the molecule is COc1ccc(N2CSC3=C(C#N)C(c4cccc(OCc5ccccc5)c4)CC(=O)N3C2)cc1. The molecule has 1 fully saturated rings. The van der Waals surface area contributed by atoms with Crippen LogP contribution in [0, 0.1) is 11.3 Å². The summed E-state index contributed by atoms with van der Waals surface area (Å²) in [6.07, 6.45) is 0.256. The van der Waals surface area contributed by atoms with Gasteiger partial charge in [-0.15, -0.1) is 0 Å². The van der Waals surface area contributed by atoms with Gasteiger partial charge in [-0.25, -0.2) is 0 Å². The number of nitrogens with zero attached hydrogens (tertiary/aromatic N) is 3. The molecule has 2 aliphatic rings. The van der Waals surface area contributed by atoms with Crippen molar-refractivity contribution in [3.8, 4) is 17.6 Å². The van der Waals surface area contributed by atoms with Crippen LogP contribution >= 0.6 is 11.8 Å². The van der Waals surface area contributed by atoms with Crippen LogP contribution in [0.25, 0.3) is 0 Å². The molecule has 0 spiro atoms. The third-order valence-electron chi connectivity index (χ3n) is 6.24. The highest BCUT2D eigenvalue weighted by Gasteiger charge is 2.38. The summed E-state index contributed by atoms with van der Waals surface area (Å²) < 4.78 is 11.2. The van der Waals surface area contributed by atoms with Crippen molar-refractivity contribution in [2.75, 3.05) is 24.6 Å². The van der Waals surface area contributed by atoms with Crippen LogP contribution in [0.2, 0.25) is 0 Å². The first-order chi connectivity index (χ1) is 17.2. The van der Waals surface area contributed by atoms with Crippen LogP contribution in [0.4, 0.5) is 5.69 Å². The number of hydrogen-bond acceptors (Lipinski definition) is 6. The average molecular weight is 484 g/mol. The van der Waals surface area contributed by atoms with E-state index in [-0.39, 0.29) is 18.2 Å². The van der Waals surface area contributed by atoms with E-state index in [2.05, 4.69) is 11.0 Å². The molecule has 1 unspecified atom stereocenters. The molecule has 0 aromatic heterocycles. The van der Waals surface area contributed by atoms with E-state index in [0.29, 0.717) is 24.7 Å². The van der Waals surface area contributed by atoms with Gasteiger partial charge in [0.15, 0.2) is 0 Å². The van der Waals surface area contributed by atoms with Crippen LogP contribution in [-0.2, 0) is 11.4 Å². The summed E-state index contributed by atoms with van der Waals surface area (Å²) in [6, 6.07) is 27.9. The van der Waals surface area contributed by atoms with E-state index in [1.807, 2.05) is 78.9 Å². The minimum Gasteiger partial charge on any atom is -0.497 e. The maximum atomic E-state index is 13.2. The minimum atomic E-state index is -0.279. The number of hydrogen-bond donors (Lipinski definition) is 0. The fourth-order valence-corrected chi connectivity index (χ4v) is 5.53. The predicted molar refractivity (Wildman–Crippen MR) is 137 cm³/mol. The normalized spacial score (nSPS) is 17.6. The molecule has 3 aromatic carbocycles. The van der Waals surface area contributed by atoms with E-state index in [9.17, 15) is 10.1 Å². The van der Waals surface area contributed by atoms with Gasteiger partial charge in [-0.05, 0) is 47.5 Å². The molecule has 3 aromatic rings. The molecular weight excluding hydrogens is 458 g/mol. The Balaban J connectivity index is 1.36. The first kappa shape index (κ1) is 22.9. The molecule has 1 atom stereocenters. The van der Waals surface area contributed by atoms with Gasteiger partial charge in [0.25, 0.3) is 0 Å². The molecule has 176 valence electrons. The average Bonchev–Trinajstić information content (AvgIpc) is 2.92. The van der Waals surface area contributed by atoms with Crippen LogP contribution in [-0.4, -0.2) is 30.5 Å². The number of fused-ring (bicyclic) bond motifs is 1. The minimum absolute atomic E-state index is 0.0188. The molecule has 0 bridgehead atoms. The van der Waals surface area contributed by atoms with Crippen molar-refractivity contribution in [2.45, 2.75) is 18.9 Å². The van der Waals surface area contributed by atoms with Crippen LogP contribution in [0.5, 0.6) is 11.5 Å². The third kappa shape index (κ3) is 4.84. The Bertz CT molecular complexity index is 1280. The van der Waals surface area contributed by atoms with E-state index in [1.165, 1.54) is 11.8 Å². The number of anilines is 1. The zero-order valence-corrected chi connectivity index (χ0v) is 20.2. The number of carbonyl (C=O) groups is 1. The second-order valence-electron chi connectivity index (χ2n) is 8.41. The number of amides is 1. The third-order valence-corrected chi connectivity index (χ3v) is 7.39. The summed E-state index contributed by atoms with van der Waals surface area (Å²) >= 11 is 1.53. The van der Waals surface area contributed by atoms with Crippen molar-refractivity contribution in [3.05, 3.63) is 101 Å². The quantitative estimate of drug-likeness (QED) is 0.462. The Morgan fingerprint density at radius 1 is 1.03 bits per heavy atom. The van der Waals surface area contributed by atoms with Crippen LogP contribution in [0.1, 0.15) is 23.5 Å². The monoisotopic (exact) mass is 483 g/mol. The molecule has 2 heterocycles. The number of ether oxygens (including phenoxy) is 2. The summed E-state index contributed by atoms with van der Waals surface area (Å²) in [5.74, 6) is 1.91. The molecule has 0 saturated carbocycles. The van der Waals surface area contributed by atoms with Gasteiger partial charge >= 0.3 is 0 Å². The van der Waals surface area contributed by atoms with Crippen LogP contribution in [0.3, 0.4) is 0 Å². The highest BCUT2D eigenvalue weighted by molar-refractivity contribution is 8.03. The highest BCUT2D eigenvalue weighted by atomic mass is 32.2. The van der Waals surface area contributed by atoms with Crippen molar-refractivity contribution in [1.29, 1.82) is 5.26 Å². The lowest BCUT2D eigenvalue weighted by atomic mass is 9.86. The number of thioether (sulfide) groups is 1. The van der Waals surface area contributed by atoms with Gasteiger partial charge < -0.3 is 14.4 Å². The summed E-state index contributed by atoms with van der Waals surface area (Å²) in [5, 5.41) is 10.9. The molecule has 0 radical (unpaired) electrons.